The molecule has 0 radical (unpaired) electrons. The minimum Gasteiger partial charge on any atom is -0.394 e. The summed E-state index contributed by atoms with van der Waals surface area (Å²) in [5, 5.41) is 31.4. The lowest BCUT2D eigenvalue weighted by molar-refractivity contribution is -0.122. The number of nitrogens with zero attached hydrogens (tertiary/aromatic N) is 6. The van der Waals surface area contributed by atoms with Crippen molar-refractivity contribution >= 4 is 23.3 Å². The first-order chi connectivity index (χ1) is 12.1. The van der Waals surface area contributed by atoms with Gasteiger partial charge in [0.05, 0.1) is 12.6 Å². The van der Waals surface area contributed by atoms with E-state index in [0.717, 1.165) is 23.2 Å². The molecule has 4 N–H and O–H groups in total. The summed E-state index contributed by atoms with van der Waals surface area (Å²) in [4.78, 5) is 13.2. The van der Waals surface area contributed by atoms with Crippen LogP contribution in [0.15, 0.2) is 27.4 Å². The van der Waals surface area contributed by atoms with Gasteiger partial charge < -0.3 is 16.2 Å². The molecule has 1 aliphatic carbocycles. The molecule has 0 spiro atoms. The lowest BCUT2D eigenvalue weighted by Gasteiger charge is -2.20. The lowest BCUT2D eigenvalue weighted by atomic mass is 10.0. The third kappa shape index (κ3) is 4.00. The maximum atomic E-state index is 12.2. The summed E-state index contributed by atoms with van der Waals surface area (Å²) in [7, 11) is 0. The zero-order chi connectivity index (χ0) is 17.8. The molecule has 1 unspecified atom stereocenters. The van der Waals surface area contributed by atoms with Gasteiger partial charge >= 0.3 is 0 Å². The standard InChI is InChI=1S/C13H15ClN8O3/c14-8-3-1-2-7(4-8)9(6-23)16-10(24)5-22-18-13(17-21-22)11-12(15)20-25-19-11/h2,4,9,23H,1,3,5-6H2,(H2,15,20)(H,16,24). The fraction of sp³-hybridized carbons (Fsp3) is 0.385. The monoisotopic (exact) mass is 366 g/mol. The van der Waals surface area contributed by atoms with Gasteiger partial charge in [-0.1, -0.05) is 17.7 Å². The first-order valence-electron chi connectivity index (χ1n) is 7.39. The van der Waals surface area contributed by atoms with Crippen molar-refractivity contribution in [3.05, 3.63) is 22.8 Å². The smallest absolute Gasteiger partial charge is 0.244 e. The summed E-state index contributed by atoms with van der Waals surface area (Å²) in [5.74, 6) is -0.280. The second-order valence-electron chi connectivity index (χ2n) is 5.28. The van der Waals surface area contributed by atoms with Crippen LogP contribution in [-0.2, 0) is 11.3 Å². The largest absolute Gasteiger partial charge is 0.394 e. The van der Waals surface area contributed by atoms with E-state index in [1.165, 1.54) is 0 Å². The molecule has 2 aromatic rings. The number of nitrogen functional groups attached to an aromatic ring is 1. The predicted octanol–water partition coefficient (Wildman–Crippen LogP) is -0.375. The molecule has 1 atom stereocenters. The van der Waals surface area contributed by atoms with Gasteiger partial charge in [-0.25, -0.2) is 4.63 Å². The number of aliphatic hydroxyl groups is 1. The molecule has 25 heavy (non-hydrogen) atoms. The Hall–Kier alpha value is -2.79. The van der Waals surface area contributed by atoms with Crippen LogP contribution in [0.25, 0.3) is 11.5 Å². The summed E-state index contributed by atoms with van der Waals surface area (Å²) in [5.41, 5.74) is 6.46. The molecule has 11 nitrogen and oxygen atoms in total. The molecule has 0 fully saturated rings. The van der Waals surface area contributed by atoms with Crippen LogP contribution in [0, 0.1) is 0 Å². The van der Waals surface area contributed by atoms with Crippen molar-refractivity contribution in [2.24, 2.45) is 0 Å². The zero-order valence-corrected chi connectivity index (χ0v) is 13.7. The van der Waals surface area contributed by atoms with Gasteiger partial charge in [0.1, 0.15) is 6.54 Å². The molecule has 0 bridgehead atoms. The number of amides is 1. The van der Waals surface area contributed by atoms with Crippen LogP contribution in [0.3, 0.4) is 0 Å². The number of halogens is 1. The van der Waals surface area contributed by atoms with Crippen molar-refractivity contribution in [3.63, 3.8) is 0 Å². The number of carbonyl (C=O) groups is 1. The number of rotatable bonds is 6. The highest BCUT2D eigenvalue weighted by Gasteiger charge is 2.19. The second kappa shape index (κ2) is 7.40. The first kappa shape index (κ1) is 17.0. The number of carbonyl (C=O) groups excluding carboxylic acids is 1. The van der Waals surface area contributed by atoms with Crippen molar-refractivity contribution in [1.29, 1.82) is 0 Å². The lowest BCUT2D eigenvalue weighted by Crippen LogP contribution is -2.41. The fourth-order valence-corrected chi connectivity index (χ4v) is 2.53. The van der Waals surface area contributed by atoms with E-state index in [9.17, 15) is 9.90 Å². The van der Waals surface area contributed by atoms with Gasteiger partial charge in [0.15, 0.2) is 11.5 Å². The molecular weight excluding hydrogens is 352 g/mol. The van der Waals surface area contributed by atoms with E-state index >= 15 is 0 Å². The Labute approximate surface area is 146 Å². The molecule has 1 aliphatic rings. The number of allylic oxidation sites excluding steroid dienone is 2. The van der Waals surface area contributed by atoms with Crippen molar-refractivity contribution in [3.8, 4) is 11.5 Å². The zero-order valence-electron chi connectivity index (χ0n) is 13.0. The third-order valence-electron chi connectivity index (χ3n) is 3.47. The predicted molar refractivity (Wildman–Crippen MR) is 85.8 cm³/mol. The van der Waals surface area contributed by atoms with Crippen LogP contribution in [-0.4, -0.2) is 54.2 Å². The first-order valence-corrected chi connectivity index (χ1v) is 7.77. The van der Waals surface area contributed by atoms with Crippen LogP contribution in [0.1, 0.15) is 12.8 Å². The third-order valence-corrected chi connectivity index (χ3v) is 3.77. The highest BCUT2D eigenvalue weighted by Crippen LogP contribution is 2.22. The molecule has 0 aliphatic heterocycles. The molecule has 2 aromatic heterocycles. The van der Waals surface area contributed by atoms with Crippen LogP contribution in [0.2, 0.25) is 0 Å². The topological polar surface area (TPSA) is 158 Å². The molecule has 1 amide bonds. The summed E-state index contributed by atoms with van der Waals surface area (Å²) < 4.78 is 4.46. The molecule has 0 saturated heterocycles. The molecule has 2 heterocycles. The van der Waals surface area contributed by atoms with Crippen molar-refractivity contribution in [1.82, 2.24) is 35.8 Å². The van der Waals surface area contributed by atoms with E-state index in [4.69, 9.17) is 17.3 Å². The second-order valence-corrected chi connectivity index (χ2v) is 5.76. The molecular formula is C13H15ClN8O3. The normalized spacial score (nSPS) is 15.4. The van der Waals surface area contributed by atoms with Crippen LogP contribution >= 0.6 is 11.6 Å². The Balaban J connectivity index is 1.63. The van der Waals surface area contributed by atoms with Crippen molar-refractivity contribution in [2.45, 2.75) is 25.4 Å². The number of tetrazole rings is 1. The van der Waals surface area contributed by atoms with Gasteiger partial charge in [-0.3, -0.25) is 4.79 Å². The van der Waals surface area contributed by atoms with E-state index in [-0.39, 0.29) is 30.5 Å². The Morgan fingerprint density at radius 3 is 3.04 bits per heavy atom. The summed E-state index contributed by atoms with van der Waals surface area (Å²) in [6, 6.07) is -0.556. The minimum absolute atomic E-state index is 0.0252. The average Bonchev–Trinajstić information content (AvgIpc) is 3.21. The SMILES string of the molecule is Nc1nonc1-c1nnn(CC(=O)NC(CO)C2=CCCC(Cl)=C2)n1. The van der Waals surface area contributed by atoms with Crippen LogP contribution in [0.5, 0.6) is 0 Å². The summed E-state index contributed by atoms with van der Waals surface area (Å²) in [6.07, 6.45) is 5.19. The van der Waals surface area contributed by atoms with Crippen LogP contribution in [0.4, 0.5) is 5.82 Å². The van der Waals surface area contributed by atoms with E-state index in [0.29, 0.717) is 5.03 Å². The molecule has 0 saturated carbocycles. The number of anilines is 1. The van der Waals surface area contributed by atoms with Crippen LogP contribution < -0.4 is 11.1 Å². The van der Waals surface area contributed by atoms with Crippen molar-refractivity contribution < 1.29 is 14.5 Å². The number of aliphatic hydroxyl groups excluding tert-OH is 1. The number of hydrogen-bond donors (Lipinski definition) is 3. The maximum Gasteiger partial charge on any atom is 0.244 e. The van der Waals surface area contributed by atoms with Gasteiger partial charge in [0, 0.05) is 5.03 Å². The fourth-order valence-electron chi connectivity index (χ4n) is 2.29. The number of aromatic nitrogens is 6. The van der Waals surface area contributed by atoms with E-state index in [2.05, 4.69) is 35.7 Å². The quantitative estimate of drug-likeness (QED) is 0.619. The minimum atomic E-state index is -0.556. The van der Waals surface area contributed by atoms with E-state index in [1.54, 1.807) is 6.08 Å². The van der Waals surface area contributed by atoms with Gasteiger partial charge in [0.2, 0.25) is 11.7 Å². The number of hydrogen-bond acceptors (Lipinski definition) is 9. The Morgan fingerprint density at radius 2 is 2.36 bits per heavy atom. The summed E-state index contributed by atoms with van der Waals surface area (Å²) >= 11 is 6.01. The molecule has 3 rings (SSSR count). The number of nitrogens with two attached hydrogens (primary N) is 1. The molecule has 12 heteroatoms. The van der Waals surface area contributed by atoms with Gasteiger partial charge in [-0.2, -0.15) is 4.80 Å². The molecule has 0 aromatic carbocycles. The van der Waals surface area contributed by atoms with Gasteiger partial charge in [0.25, 0.3) is 0 Å². The number of nitrogens with one attached hydrogen (secondary N) is 1. The van der Waals surface area contributed by atoms with E-state index < -0.39 is 11.9 Å². The molecule has 132 valence electrons. The Bertz CT molecular complexity index is 827. The van der Waals surface area contributed by atoms with Gasteiger partial charge in [-0.15, -0.1) is 10.2 Å². The summed E-state index contributed by atoms with van der Waals surface area (Å²) in [6.45, 7) is -0.450. The van der Waals surface area contributed by atoms with Gasteiger partial charge in [-0.05, 0) is 40.0 Å². The highest BCUT2D eigenvalue weighted by atomic mass is 35.5. The maximum absolute atomic E-state index is 12.2. The highest BCUT2D eigenvalue weighted by molar-refractivity contribution is 6.29. The Kier molecular flexibility index (Phi) is 5.05. The Morgan fingerprint density at radius 1 is 1.52 bits per heavy atom. The van der Waals surface area contributed by atoms with E-state index in [1.807, 2.05) is 6.08 Å². The van der Waals surface area contributed by atoms with Crippen molar-refractivity contribution in [2.75, 3.05) is 12.3 Å². The average molecular weight is 367 g/mol.